The van der Waals surface area contributed by atoms with Gasteiger partial charge in [0, 0.05) is 44.3 Å². The zero-order valence-corrected chi connectivity index (χ0v) is 13.4. The van der Waals surface area contributed by atoms with Crippen LogP contribution >= 0.6 is 0 Å². The first-order chi connectivity index (χ1) is 10.1. The van der Waals surface area contributed by atoms with Crippen LogP contribution in [-0.4, -0.2) is 50.6 Å². The average Bonchev–Trinajstić information content (AvgIpc) is 2.48. The maximum atomic E-state index is 11.5. The van der Waals surface area contributed by atoms with Crippen LogP contribution in [0.1, 0.15) is 19.4 Å². The van der Waals surface area contributed by atoms with Gasteiger partial charge in [-0.25, -0.2) is 0 Å². The lowest BCUT2D eigenvalue weighted by molar-refractivity contribution is -0.123. The number of hydrogen-bond acceptors (Lipinski definition) is 3. The van der Waals surface area contributed by atoms with Crippen LogP contribution in [0.4, 0.5) is 5.69 Å². The maximum Gasteiger partial charge on any atom is 0.222 e. The summed E-state index contributed by atoms with van der Waals surface area (Å²) in [6, 6.07) is 8.75. The molecule has 0 atom stereocenters. The summed E-state index contributed by atoms with van der Waals surface area (Å²) in [6.07, 6.45) is 0.890. The van der Waals surface area contributed by atoms with Crippen molar-refractivity contribution in [1.29, 1.82) is 0 Å². The lowest BCUT2D eigenvalue weighted by atomic mass is 10.1. The summed E-state index contributed by atoms with van der Waals surface area (Å²) in [6.45, 7) is 9.00. The molecular formula is C17H27N3O. The molecule has 0 radical (unpaired) electrons. The highest BCUT2D eigenvalue weighted by Crippen LogP contribution is 2.17. The summed E-state index contributed by atoms with van der Waals surface area (Å²) < 4.78 is 0. The highest BCUT2D eigenvalue weighted by Gasteiger charge is 2.13. The summed E-state index contributed by atoms with van der Waals surface area (Å²) in [5.74, 6) is 0.189. The zero-order chi connectivity index (χ0) is 15.2. The normalized spacial score (nSPS) is 16.3. The number of carbonyl (C=O) groups is 1. The van der Waals surface area contributed by atoms with Gasteiger partial charge in [0.1, 0.15) is 0 Å². The van der Waals surface area contributed by atoms with E-state index < -0.39 is 0 Å². The zero-order valence-electron chi connectivity index (χ0n) is 13.4. The minimum absolute atomic E-state index is 0.0598. The van der Waals surface area contributed by atoms with Gasteiger partial charge in [-0.15, -0.1) is 0 Å². The molecule has 1 N–H and O–H groups in total. The van der Waals surface area contributed by atoms with Crippen molar-refractivity contribution in [2.24, 2.45) is 5.92 Å². The molecule has 1 aliphatic rings. The fraction of sp³-hybridized carbons (Fsp3) is 0.588. The van der Waals surface area contributed by atoms with Crippen LogP contribution in [0.15, 0.2) is 24.3 Å². The number of nitrogens with one attached hydrogen (secondary N) is 1. The lowest BCUT2D eigenvalue weighted by Crippen LogP contribution is -2.44. The molecule has 1 fully saturated rings. The van der Waals surface area contributed by atoms with E-state index in [2.05, 4.69) is 46.4 Å². The summed E-state index contributed by atoms with van der Waals surface area (Å²) in [7, 11) is 2.17. The standard InChI is InChI=1S/C17H27N3O/c1-14(2)17(21)18-9-8-15-4-6-16(7-5-15)20-12-10-19(3)11-13-20/h4-7,14H,8-13H2,1-3H3,(H,18,21). The summed E-state index contributed by atoms with van der Waals surface area (Å²) in [4.78, 5) is 16.3. The Balaban J connectivity index is 1.80. The molecule has 0 bridgehead atoms. The number of rotatable bonds is 5. The SMILES string of the molecule is CC(C)C(=O)NCCc1ccc(N2CCN(C)CC2)cc1. The van der Waals surface area contributed by atoms with Gasteiger partial charge < -0.3 is 15.1 Å². The third-order valence-corrected chi connectivity index (χ3v) is 4.04. The highest BCUT2D eigenvalue weighted by molar-refractivity contribution is 5.77. The Hall–Kier alpha value is -1.55. The molecule has 0 aliphatic carbocycles. The topological polar surface area (TPSA) is 35.6 Å². The fourth-order valence-corrected chi connectivity index (χ4v) is 2.47. The predicted octanol–water partition coefficient (Wildman–Crippen LogP) is 1.75. The second-order valence-corrected chi connectivity index (χ2v) is 6.15. The summed E-state index contributed by atoms with van der Waals surface area (Å²) in [5, 5.41) is 2.96. The van der Waals surface area contributed by atoms with Crippen molar-refractivity contribution in [3.63, 3.8) is 0 Å². The Morgan fingerprint density at radius 1 is 1.14 bits per heavy atom. The van der Waals surface area contributed by atoms with Gasteiger partial charge in [-0.1, -0.05) is 26.0 Å². The van der Waals surface area contributed by atoms with E-state index in [4.69, 9.17) is 0 Å². The second-order valence-electron chi connectivity index (χ2n) is 6.15. The first kappa shape index (κ1) is 15.8. The van der Waals surface area contributed by atoms with Crippen molar-refractivity contribution >= 4 is 11.6 Å². The van der Waals surface area contributed by atoms with Crippen LogP contribution < -0.4 is 10.2 Å². The molecule has 0 saturated carbocycles. The van der Waals surface area contributed by atoms with Gasteiger partial charge >= 0.3 is 0 Å². The number of benzene rings is 1. The van der Waals surface area contributed by atoms with Crippen molar-refractivity contribution < 1.29 is 4.79 Å². The number of carbonyl (C=O) groups excluding carboxylic acids is 1. The Morgan fingerprint density at radius 2 is 1.76 bits per heavy atom. The number of nitrogens with zero attached hydrogens (tertiary/aromatic N) is 2. The Labute approximate surface area is 128 Å². The molecule has 1 heterocycles. The number of likely N-dealkylation sites (N-methyl/N-ethyl adjacent to an activating group) is 1. The monoisotopic (exact) mass is 289 g/mol. The number of anilines is 1. The minimum atomic E-state index is 0.0598. The van der Waals surface area contributed by atoms with Crippen molar-refractivity contribution in [2.45, 2.75) is 20.3 Å². The largest absolute Gasteiger partial charge is 0.369 e. The minimum Gasteiger partial charge on any atom is -0.369 e. The van der Waals surface area contributed by atoms with Gasteiger partial charge in [-0.3, -0.25) is 4.79 Å². The quantitative estimate of drug-likeness (QED) is 0.897. The summed E-state index contributed by atoms with van der Waals surface area (Å²) in [5.41, 5.74) is 2.58. The van der Waals surface area contributed by atoms with Gasteiger partial charge in [-0.2, -0.15) is 0 Å². The molecule has 0 aromatic heterocycles. The van der Waals surface area contributed by atoms with Crippen molar-refractivity contribution in [3.05, 3.63) is 29.8 Å². The molecule has 4 heteroatoms. The highest BCUT2D eigenvalue weighted by atomic mass is 16.1. The van der Waals surface area contributed by atoms with Crippen molar-refractivity contribution in [2.75, 3.05) is 44.7 Å². The smallest absolute Gasteiger partial charge is 0.222 e. The van der Waals surface area contributed by atoms with E-state index in [1.807, 2.05) is 13.8 Å². The first-order valence-corrected chi connectivity index (χ1v) is 7.86. The molecule has 4 nitrogen and oxygen atoms in total. The van der Waals surface area contributed by atoms with Crippen molar-refractivity contribution in [3.8, 4) is 0 Å². The average molecular weight is 289 g/mol. The molecule has 116 valence electrons. The molecule has 2 rings (SSSR count). The predicted molar refractivity (Wildman–Crippen MR) is 87.7 cm³/mol. The summed E-state index contributed by atoms with van der Waals surface area (Å²) >= 11 is 0. The van der Waals surface area contributed by atoms with Crippen LogP contribution in [0.2, 0.25) is 0 Å². The van der Waals surface area contributed by atoms with E-state index in [0.29, 0.717) is 6.54 Å². The van der Waals surface area contributed by atoms with Crippen LogP contribution in [0.25, 0.3) is 0 Å². The molecular weight excluding hydrogens is 262 g/mol. The van der Waals surface area contributed by atoms with Gasteiger partial charge in [-0.05, 0) is 31.2 Å². The van der Waals surface area contributed by atoms with E-state index in [9.17, 15) is 4.79 Å². The number of hydrogen-bond donors (Lipinski definition) is 1. The third kappa shape index (κ3) is 4.74. The van der Waals surface area contributed by atoms with Gasteiger partial charge in [0.15, 0.2) is 0 Å². The Kier molecular flexibility index (Phi) is 5.62. The maximum absolute atomic E-state index is 11.5. The molecule has 1 amide bonds. The molecule has 21 heavy (non-hydrogen) atoms. The Bertz CT molecular complexity index is 448. The van der Waals surface area contributed by atoms with Crippen LogP contribution in [0, 0.1) is 5.92 Å². The molecule has 1 aliphatic heterocycles. The second kappa shape index (κ2) is 7.46. The molecule has 1 saturated heterocycles. The first-order valence-electron chi connectivity index (χ1n) is 7.86. The third-order valence-electron chi connectivity index (χ3n) is 4.04. The molecule has 0 unspecified atom stereocenters. The van der Waals surface area contributed by atoms with Gasteiger partial charge in [0.05, 0.1) is 0 Å². The van der Waals surface area contributed by atoms with E-state index in [0.717, 1.165) is 32.6 Å². The van der Waals surface area contributed by atoms with E-state index in [-0.39, 0.29) is 11.8 Å². The van der Waals surface area contributed by atoms with E-state index in [1.54, 1.807) is 0 Å². The van der Waals surface area contributed by atoms with E-state index >= 15 is 0 Å². The van der Waals surface area contributed by atoms with Crippen LogP contribution in [0.3, 0.4) is 0 Å². The Morgan fingerprint density at radius 3 is 2.33 bits per heavy atom. The molecule has 0 spiro atoms. The van der Waals surface area contributed by atoms with Crippen molar-refractivity contribution in [1.82, 2.24) is 10.2 Å². The lowest BCUT2D eigenvalue weighted by Gasteiger charge is -2.34. The van der Waals surface area contributed by atoms with Crippen LogP contribution in [-0.2, 0) is 11.2 Å². The molecule has 1 aromatic carbocycles. The fourth-order valence-electron chi connectivity index (χ4n) is 2.47. The molecule has 1 aromatic rings. The van der Waals surface area contributed by atoms with Gasteiger partial charge in [0.2, 0.25) is 5.91 Å². The van der Waals surface area contributed by atoms with Gasteiger partial charge in [0.25, 0.3) is 0 Å². The number of amides is 1. The number of piperazine rings is 1. The van der Waals surface area contributed by atoms with E-state index in [1.165, 1.54) is 11.3 Å². The van der Waals surface area contributed by atoms with Crippen LogP contribution in [0.5, 0.6) is 0 Å².